The van der Waals surface area contributed by atoms with Gasteiger partial charge >= 0.3 is 0 Å². The van der Waals surface area contributed by atoms with Gasteiger partial charge in [-0.1, -0.05) is 144 Å². The molecule has 0 fully saturated rings. The molecule has 0 aliphatic heterocycles. The van der Waals surface area contributed by atoms with Gasteiger partial charge in [-0.2, -0.15) is 0 Å². The molecule has 0 spiro atoms. The zero-order chi connectivity index (χ0) is 56.9. The van der Waals surface area contributed by atoms with E-state index >= 15 is 0 Å². The first-order valence-corrected chi connectivity index (χ1v) is 19.7. The molecule has 1 N–H and O–H groups in total. The van der Waals surface area contributed by atoms with E-state index in [2.05, 4.69) is 4.98 Å². The molecule has 61 heavy (non-hydrogen) atoms. The average Bonchev–Trinajstić information content (AvgIpc) is 3.84. The number of para-hydroxylation sites is 1. The molecular formula is C57H51N3O. The molecule has 4 heteroatoms. The second kappa shape index (κ2) is 15.9. The Balaban J connectivity index is 1.34. The van der Waals surface area contributed by atoms with Gasteiger partial charge in [0, 0.05) is 36.7 Å². The van der Waals surface area contributed by atoms with Crippen LogP contribution in [0.15, 0.2) is 170 Å². The summed E-state index contributed by atoms with van der Waals surface area (Å²) in [6.07, 6.45) is -0.753. The number of fused-ring (bicyclic) bond motifs is 1. The minimum atomic E-state index is -3.93. The summed E-state index contributed by atoms with van der Waals surface area (Å²) in [5.74, 6) is -0.626. The fourth-order valence-electron chi connectivity index (χ4n) is 7.65. The minimum absolute atomic E-state index is 0.0174. The summed E-state index contributed by atoms with van der Waals surface area (Å²) in [6, 6.07) is 33.2. The number of hydrogen-bond donors (Lipinski definition) is 1. The first-order valence-electron chi connectivity index (χ1n) is 28.2. The molecule has 0 saturated carbocycles. The first kappa shape index (κ1) is 24.3. The molecule has 2 heterocycles. The summed E-state index contributed by atoms with van der Waals surface area (Å²) in [5, 5.41) is 11.8. The Hall–Kier alpha value is -7.04. The summed E-state index contributed by atoms with van der Waals surface area (Å²) in [4.78, 5) is 9.74. The number of benzene rings is 7. The predicted molar refractivity (Wildman–Crippen MR) is 255 cm³/mol. The number of imidazole rings is 1. The molecule has 0 aliphatic rings. The van der Waals surface area contributed by atoms with E-state index in [9.17, 15) is 7.85 Å². The lowest BCUT2D eigenvalue weighted by atomic mass is 9.86. The Kier molecular flexibility index (Phi) is 6.31. The quantitative estimate of drug-likeness (QED) is 0.166. The Morgan fingerprint density at radius 1 is 0.639 bits per heavy atom. The number of phenols is 1. The maximum atomic E-state index is 11.8. The van der Waals surface area contributed by atoms with Gasteiger partial charge in [0.2, 0.25) is 0 Å². The van der Waals surface area contributed by atoms with E-state index in [0.717, 1.165) is 22.3 Å². The van der Waals surface area contributed by atoms with Gasteiger partial charge in [0.15, 0.2) is 0 Å². The van der Waals surface area contributed by atoms with Gasteiger partial charge in [-0.3, -0.25) is 9.55 Å². The number of phenolic OH excluding ortho intramolecular Hbond substituents is 1. The first-order chi connectivity index (χ1) is 36.4. The lowest BCUT2D eigenvalue weighted by molar-refractivity contribution is 0.472. The fourth-order valence-corrected chi connectivity index (χ4v) is 7.65. The number of aromatic hydroxyl groups is 1. The molecule has 0 amide bonds. The summed E-state index contributed by atoms with van der Waals surface area (Å²) >= 11 is 0. The molecule has 9 rings (SSSR count). The lowest BCUT2D eigenvalue weighted by Gasteiger charge is -2.19. The third kappa shape index (κ3) is 7.78. The van der Waals surface area contributed by atoms with Crippen LogP contribution in [0.1, 0.15) is 85.9 Å². The van der Waals surface area contributed by atoms with Crippen molar-refractivity contribution in [2.75, 3.05) is 0 Å². The average molecular weight is 811 g/mol. The minimum Gasteiger partial charge on any atom is -0.507 e. The maximum absolute atomic E-state index is 11.8. The van der Waals surface area contributed by atoms with Crippen molar-refractivity contribution in [3.63, 3.8) is 0 Å². The molecule has 9 aromatic rings. The highest BCUT2D eigenvalue weighted by atomic mass is 16.3. The summed E-state index contributed by atoms with van der Waals surface area (Å²) in [7, 11) is 0. The number of hydrogen-bond acceptors (Lipinski definition) is 3. The van der Waals surface area contributed by atoms with Crippen LogP contribution >= 0.6 is 0 Å². The van der Waals surface area contributed by atoms with Gasteiger partial charge in [0.1, 0.15) is 11.6 Å². The molecule has 0 atom stereocenters. The van der Waals surface area contributed by atoms with Crippen molar-refractivity contribution >= 4 is 11.0 Å². The van der Waals surface area contributed by atoms with Crippen LogP contribution in [0.25, 0.3) is 83.9 Å². The second-order valence-corrected chi connectivity index (χ2v) is 15.4. The van der Waals surface area contributed by atoms with Gasteiger partial charge in [-0.15, -0.1) is 0 Å². The van der Waals surface area contributed by atoms with Crippen molar-refractivity contribution < 1.29 is 28.4 Å². The molecule has 2 aromatic heterocycles. The van der Waals surface area contributed by atoms with Crippen molar-refractivity contribution in [1.82, 2.24) is 14.5 Å². The van der Waals surface area contributed by atoms with E-state index in [1.807, 2.05) is 141 Å². The second-order valence-electron chi connectivity index (χ2n) is 15.4. The molecule has 7 aromatic carbocycles. The number of aromatic nitrogens is 3. The van der Waals surface area contributed by atoms with E-state index in [1.54, 1.807) is 19.1 Å². The van der Waals surface area contributed by atoms with Crippen molar-refractivity contribution in [3.05, 3.63) is 192 Å². The predicted octanol–water partition coefficient (Wildman–Crippen LogP) is 15.2. The van der Waals surface area contributed by atoms with Crippen LogP contribution < -0.4 is 0 Å². The molecular weight excluding hydrogens is 743 g/mol. The molecule has 4 nitrogen and oxygen atoms in total. The van der Waals surface area contributed by atoms with E-state index < -0.39 is 91.0 Å². The van der Waals surface area contributed by atoms with Crippen LogP contribution in [-0.4, -0.2) is 19.6 Å². The highest BCUT2D eigenvalue weighted by Crippen LogP contribution is 2.42. The molecule has 0 aliphatic carbocycles. The summed E-state index contributed by atoms with van der Waals surface area (Å²) < 4.78 is 149. The van der Waals surface area contributed by atoms with E-state index in [-0.39, 0.29) is 17.0 Å². The third-order valence-corrected chi connectivity index (χ3v) is 10.7. The van der Waals surface area contributed by atoms with Crippen molar-refractivity contribution in [3.8, 4) is 78.6 Å². The zero-order valence-corrected chi connectivity index (χ0v) is 33.9. The van der Waals surface area contributed by atoms with Crippen molar-refractivity contribution in [2.24, 2.45) is 0 Å². The SMILES string of the molecule is [2H]c1nc(-c2cc(-c3ccccc3)cc(-c3cccc4c3nc(-c3cc(C)cc(C)c3O)n4-c3cc(-c4ccccc4)cc(C([2H])(C)C)c3)c2)c([2H])c(-c2c([2H])c([2H])c(C(C([2H])([2H])[2H])(C([2H])([2H])[2H])C([2H])([2H])[2H])c([2H])c2[2H])c1[2H]. The number of nitrogens with zero attached hydrogens (tertiary/aromatic N) is 3. The van der Waals surface area contributed by atoms with E-state index in [0.29, 0.717) is 55.9 Å². The van der Waals surface area contributed by atoms with Gasteiger partial charge in [-0.05, 0) is 141 Å². The van der Waals surface area contributed by atoms with Gasteiger partial charge in [-0.25, -0.2) is 4.98 Å². The molecule has 0 saturated heterocycles. The standard InChI is InChI=1S/C57H51N3O/c1-36(2)43-29-45(40-17-12-9-13-18-40)34-49(33-43)60-53-20-14-19-50(54(53)59-56(60)51-28-37(3)27-38(4)55(51)61)46-30-44(39-15-10-8-11-16-39)31-47(32-46)52-35-42(25-26-58-52)41-21-23-48(24-22-41)57(5,6)7/h8-36,61H,1-7H3/i5D3,6D3,7D3,21D,22D,23D,24D,25D,26D,35D,36D. The maximum Gasteiger partial charge on any atom is 0.149 e. The largest absolute Gasteiger partial charge is 0.507 e. The van der Waals surface area contributed by atoms with Crippen molar-refractivity contribution in [1.29, 1.82) is 0 Å². The number of rotatable bonds is 8. The molecule has 0 radical (unpaired) electrons. The van der Waals surface area contributed by atoms with Gasteiger partial charge in [0.25, 0.3) is 0 Å². The van der Waals surface area contributed by atoms with Crippen LogP contribution in [0.4, 0.5) is 0 Å². The van der Waals surface area contributed by atoms with Crippen LogP contribution in [0.5, 0.6) is 5.75 Å². The third-order valence-electron chi connectivity index (χ3n) is 10.7. The van der Waals surface area contributed by atoms with Gasteiger partial charge < -0.3 is 5.11 Å². The van der Waals surface area contributed by atoms with Crippen LogP contribution in [0.2, 0.25) is 0 Å². The highest BCUT2D eigenvalue weighted by Gasteiger charge is 2.23. The Morgan fingerprint density at radius 2 is 1.31 bits per heavy atom. The molecule has 0 bridgehead atoms. The Labute approximate surface area is 383 Å². The Bertz CT molecular complexity index is 3790. The highest BCUT2D eigenvalue weighted by molar-refractivity contribution is 5.98. The van der Waals surface area contributed by atoms with Crippen LogP contribution in [-0.2, 0) is 5.41 Å². The van der Waals surface area contributed by atoms with E-state index in [4.69, 9.17) is 25.5 Å². The summed E-state index contributed by atoms with van der Waals surface area (Å²) in [5.41, 5.74) is 1.83. The van der Waals surface area contributed by atoms with Crippen LogP contribution in [0, 0.1) is 13.8 Å². The fraction of sp³-hybridized carbons (Fsp3) is 0.158. The normalized spacial score (nSPS) is 16.6. The smallest absolute Gasteiger partial charge is 0.149 e. The molecule has 0 unspecified atom stereocenters. The topological polar surface area (TPSA) is 50.9 Å². The number of aryl methyl sites for hydroxylation is 2. The number of pyridine rings is 1. The Morgan fingerprint density at radius 3 is 2.00 bits per heavy atom. The summed E-state index contributed by atoms with van der Waals surface area (Å²) in [6.45, 7) is -4.45. The molecule has 300 valence electrons. The van der Waals surface area contributed by atoms with Crippen LogP contribution in [0.3, 0.4) is 0 Å². The monoisotopic (exact) mass is 811 g/mol. The van der Waals surface area contributed by atoms with E-state index in [1.165, 1.54) is 0 Å². The lowest BCUT2D eigenvalue weighted by Crippen LogP contribution is -2.10. The van der Waals surface area contributed by atoms with Gasteiger partial charge in [0.05, 0.1) is 31.9 Å². The zero-order valence-electron chi connectivity index (χ0n) is 50.9. The van der Waals surface area contributed by atoms with Crippen molar-refractivity contribution in [2.45, 2.75) is 59.6 Å².